The molecule has 2 aliphatic rings. The molecule has 1 aliphatic carbocycles. The molecule has 0 unspecified atom stereocenters. The van der Waals surface area contributed by atoms with Crippen LogP contribution in [0.4, 0.5) is 0 Å². The second-order valence-electron chi connectivity index (χ2n) is 4.96. The van der Waals surface area contributed by atoms with Gasteiger partial charge in [-0.3, -0.25) is 0 Å². The molecule has 0 radical (unpaired) electrons. The van der Waals surface area contributed by atoms with Gasteiger partial charge in [0.15, 0.2) is 0 Å². The van der Waals surface area contributed by atoms with Crippen molar-refractivity contribution in [3.05, 3.63) is 34.9 Å². The van der Waals surface area contributed by atoms with Gasteiger partial charge in [-0.1, -0.05) is 18.2 Å². The maximum atomic E-state index is 10.0. The highest BCUT2D eigenvalue weighted by molar-refractivity contribution is 5.36. The van der Waals surface area contributed by atoms with Gasteiger partial charge in [0.25, 0.3) is 0 Å². The Labute approximate surface area is 90.3 Å². The molecule has 1 heterocycles. The highest BCUT2D eigenvalue weighted by atomic mass is 16.3. The fourth-order valence-electron chi connectivity index (χ4n) is 2.65. The van der Waals surface area contributed by atoms with Gasteiger partial charge in [0.05, 0.1) is 5.60 Å². The molecule has 15 heavy (non-hydrogen) atoms. The van der Waals surface area contributed by atoms with E-state index >= 15 is 0 Å². The van der Waals surface area contributed by atoms with Gasteiger partial charge in [0, 0.05) is 19.5 Å². The van der Waals surface area contributed by atoms with E-state index in [2.05, 4.69) is 23.5 Å². The fourth-order valence-corrected chi connectivity index (χ4v) is 2.65. The second kappa shape index (κ2) is 3.32. The largest absolute Gasteiger partial charge is 0.387 e. The van der Waals surface area contributed by atoms with Crippen LogP contribution in [0.5, 0.6) is 0 Å². The van der Waals surface area contributed by atoms with Crippen LogP contribution in [-0.2, 0) is 19.3 Å². The smallest absolute Gasteiger partial charge is 0.0935 e. The summed E-state index contributed by atoms with van der Waals surface area (Å²) in [5, 5.41) is 13.2. The van der Waals surface area contributed by atoms with Crippen molar-refractivity contribution in [3.63, 3.8) is 0 Å². The molecule has 0 bridgehead atoms. The van der Waals surface area contributed by atoms with E-state index in [-0.39, 0.29) is 0 Å². The minimum absolute atomic E-state index is 0.479. The summed E-state index contributed by atoms with van der Waals surface area (Å²) in [6.45, 7) is 1.48. The molecular formula is C13H17NO. The monoisotopic (exact) mass is 203 g/mol. The number of hydrogen-bond acceptors (Lipinski definition) is 2. The molecule has 0 aromatic heterocycles. The summed E-state index contributed by atoms with van der Waals surface area (Å²) >= 11 is 0. The van der Waals surface area contributed by atoms with Crippen molar-refractivity contribution in [2.45, 2.75) is 31.3 Å². The summed E-state index contributed by atoms with van der Waals surface area (Å²) < 4.78 is 0. The van der Waals surface area contributed by atoms with Gasteiger partial charge in [-0.15, -0.1) is 0 Å². The summed E-state index contributed by atoms with van der Waals surface area (Å²) in [7, 11) is 0. The average molecular weight is 203 g/mol. The fraction of sp³-hybridized carbons (Fsp3) is 0.538. The highest BCUT2D eigenvalue weighted by Crippen LogP contribution is 2.25. The third-order valence-electron chi connectivity index (χ3n) is 3.60. The summed E-state index contributed by atoms with van der Waals surface area (Å²) in [5.41, 5.74) is 3.83. The third-order valence-corrected chi connectivity index (χ3v) is 3.60. The number of β-amino-alcohol motifs (C(OH)–C–C–N with tert-alkyl or cyclic N) is 1. The van der Waals surface area contributed by atoms with E-state index in [1.54, 1.807) is 0 Å². The summed E-state index contributed by atoms with van der Waals surface area (Å²) in [6, 6.07) is 6.71. The zero-order chi connectivity index (χ0) is 10.3. The van der Waals surface area contributed by atoms with E-state index in [4.69, 9.17) is 0 Å². The Morgan fingerprint density at radius 3 is 2.73 bits per heavy atom. The maximum Gasteiger partial charge on any atom is 0.0935 e. The molecule has 2 nitrogen and oxygen atoms in total. The van der Waals surface area contributed by atoms with Crippen LogP contribution in [0, 0.1) is 0 Å². The zero-order valence-electron chi connectivity index (χ0n) is 8.92. The van der Waals surface area contributed by atoms with Gasteiger partial charge >= 0.3 is 0 Å². The predicted octanol–water partition coefficient (Wildman–Crippen LogP) is 1.05. The minimum atomic E-state index is -0.479. The molecule has 1 saturated heterocycles. The molecule has 1 aliphatic heterocycles. The van der Waals surface area contributed by atoms with Gasteiger partial charge in [-0.05, 0) is 36.0 Å². The van der Waals surface area contributed by atoms with Gasteiger partial charge in [0.2, 0.25) is 0 Å². The molecule has 2 heteroatoms. The Bertz CT molecular complexity index is 382. The predicted molar refractivity (Wildman–Crippen MR) is 60.0 cm³/mol. The van der Waals surface area contributed by atoms with Crippen molar-refractivity contribution >= 4 is 0 Å². The second-order valence-corrected chi connectivity index (χ2v) is 4.96. The van der Waals surface area contributed by atoms with Crippen molar-refractivity contribution in [2.24, 2.45) is 0 Å². The Morgan fingerprint density at radius 2 is 2.00 bits per heavy atom. The Kier molecular flexibility index (Phi) is 2.08. The van der Waals surface area contributed by atoms with E-state index in [0.717, 1.165) is 19.5 Å². The number of fused-ring (bicyclic) bond motifs is 1. The van der Waals surface area contributed by atoms with Crippen LogP contribution in [0.15, 0.2) is 18.2 Å². The lowest BCUT2D eigenvalue weighted by atomic mass is 9.88. The van der Waals surface area contributed by atoms with Crippen molar-refractivity contribution < 1.29 is 5.11 Å². The third kappa shape index (κ3) is 1.68. The number of rotatable bonds is 2. The van der Waals surface area contributed by atoms with Crippen molar-refractivity contribution in [2.75, 3.05) is 13.1 Å². The first-order valence-corrected chi connectivity index (χ1v) is 5.79. The van der Waals surface area contributed by atoms with Crippen LogP contribution in [-0.4, -0.2) is 23.8 Å². The van der Waals surface area contributed by atoms with Crippen molar-refractivity contribution in [3.8, 4) is 0 Å². The summed E-state index contributed by atoms with van der Waals surface area (Å²) in [5.74, 6) is 0. The van der Waals surface area contributed by atoms with E-state index < -0.39 is 5.60 Å². The lowest BCUT2D eigenvalue weighted by Gasteiger charge is -2.37. The van der Waals surface area contributed by atoms with Crippen LogP contribution >= 0.6 is 0 Å². The van der Waals surface area contributed by atoms with Crippen LogP contribution in [0.25, 0.3) is 0 Å². The highest BCUT2D eigenvalue weighted by Gasteiger charge is 2.34. The minimum Gasteiger partial charge on any atom is -0.387 e. The van der Waals surface area contributed by atoms with E-state index in [0.29, 0.717) is 0 Å². The molecule has 0 spiro atoms. The van der Waals surface area contributed by atoms with Crippen LogP contribution in [0.3, 0.4) is 0 Å². The zero-order valence-corrected chi connectivity index (χ0v) is 8.92. The van der Waals surface area contributed by atoms with Gasteiger partial charge < -0.3 is 10.4 Å². The van der Waals surface area contributed by atoms with Gasteiger partial charge in [-0.2, -0.15) is 0 Å². The quantitative estimate of drug-likeness (QED) is 0.753. The molecule has 1 fully saturated rings. The van der Waals surface area contributed by atoms with Crippen LogP contribution < -0.4 is 5.32 Å². The van der Waals surface area contributed by atoms with E-state index in [1.807, 2.05) is 0 Å². The molecular weight excluding hydrogens is 186 g/mol. The van der Waals surface area contributed by atoms with Gasteiger partial charge in [-0.25, -0.2) is 0 Å². The standard InChI is InChI=1S/C13H17NO/c15-13(8-14-9-13)7-10-4-5-11-2-1-3-12(11)6-10/h4-6,14-15H,1-3,7-9H2. The Morgan fingerprint density at radius 1 is 1.20 bits per heavy atom. The summed E-state index contributed by atoms with van der Waals surface area (Å²) in [4.78, 5) is 0. The molecule has 1 aromatic carbocycles. The van der Waals surface area contributed by atoms with E-state index in [9.17, 15) is 5.11 Å². The molecule has 0 amide bonds. The number of aryl methyl sites for hydroxylation is 2. The lowest BCUT2D eigenvalue weighted by Crippen LogP contribution is -2.60. The van der Waals surface area contributed by atoms with E-state index in [1.165, 1.54) is 36.0 Å². The normalized spacial score (nSPS) is 22.2. The maximum absolute atomic E-state index is 10.0. The lowest BCUT2D eigenvalue weighted by molar-refractivity contribution is -0.00902. The topological polar surface area (TPSA) is 32.3 Å². The first-order chi connectivity index (χ1) is 7.25. The first-order valence-electron chi connectivity index (χ1n) is 5.79. The SMILES string of the molecule is OC1(Cc2ccc3c(c2)CCC3)CNC1. The number of nitrogens with one attached hydrogen (secondary N) is 1. The number of benzene rings is 1. The molecule has 3 rings (SSSR count). The van der Waals surface area contributed by atoms with Gasteiger partial charge in [0.1, 0.15) is 0 Å². The average Bonchev–Trinajstić information content (AvgIpc) is 2.62. The summed E-state index contributed by atoms with van der Waals surface area (Å²) in [6.07, 6.45) is 4.55. The van der Waals surface area contributed by atoms with Crippen LogP contribution in [0.2, 0.25) is 0 Å². The first kappa shape index (κ1) is 9.37. The molecule has 1 aromatic rings. The number of hydrogen-bond donors (Lipinski definition) is 2. The number of aliphatic hydroxyl groups is 1. The Hall–Kier alpha value is -0.860. The van der Waals surface area contributed by atoms with Crippen LogP contribution in [0.1, 0.15) is 23.1 Å². The Balaban J connectivity index is 1.81. The van der Waals surface area contributed by atoms with Crippen molar-refractivity contribution in [1.82, 2.24) is 5.32 Å². The van der Waals surface area contributed by atoms with Crippen molar-refractivity contribution in [1.29, 1.82) is 0 Å². The molecule has 80 valence electrons. The molecule has 2 N–H and O–H groups in total. The molecule has 0 saturated carbocycles. The molecule has 0 atom stereocenters.